The summed E-state index contributed by atoms with van der Waals surface area (Å²) in [5.74, 6) is -0.493. The molecule has 0 aliphatic rings. The van der Waals surface area contributed by atoms with E-state index >= 15 is 0 Å². The predicted octanol–water partition coefficient (Wildman–Crippen LogP) is 3.50. The van der Waals surface area contributed by atoms with E-state index in [0.717, 1.165) is 16.8 Å². The Hall–Kier alpha value is -3.15. The fourth-order valence-electron chi connectivity index (χ4n) is 2.84. The molecule has 2 heterocycles. The highest BCUT2D eigenvalue weighted by atomic mass is 16.5. The van der Waals surface area contributed by atoms with Crippen molar-refractivity contribution in [2.24, 2.45) is 0 Å². The van der Waals surface area contributed by atoms with Gasteiger partial charge in [0.1, 0.15) is 0 Å². The standard InChI is InChI=1S/C17H14N2O4/c1-9-13-11-8-12(20)14(21)16(22-2)15(11)23-17(13)19(18-9)10-6-4-3-5-7-10/h3-8,20-21H,1-2H3. The molecule has 6 nitrogen and oxygen atoms in total. The maximum absolute atomic E-state index is 9.96. The molecule has 116 valence electrons. The van der Waals surface area contributed by atoms with Gasteiger partial charge in [-0.25, -0.2) is 0 Å². The molecule has 0 radical (unpaired) electrons. The van der Waals surface area contributed by atoms with Gasteiger partial charge in [0, 0.05) is 5.39 Å². The molecule has 2 aromatic carbocycles. The lowest BCUT2D eigenvalue weighted by Gasteiger charge is -2.05. The first-order valence-corrected chi connectivity index (χ1v) is 7.08. The molecular formula is C17H14N2O4. The van der Waals surface area contributed by atoms with Crippen LogP contribution >= 0.6 is 0 Å². The fourth-order valence-corrected chi connectivity index (χ4v) is 2.84. The van der Waals surface area contributed by atoms with Gasteiger partial charge in [-0.3, -0.25) is 0 Å². The van der Waals surface area contributed by atoms with Gasteiger partial charge in [-0.15, -0.1) is 0 Å². The highest BCUT2D eigenvalue weighted by molar-refractivity contribution is 6.09. The van der Waals surface area contributed by atoms with Crippen molar-refractivity contribution < 1.29 is 19.4 Å². The third-order valence-electron chi connectivity index (χ3n) is 3.88. The number of hydrogen-bond acceptors (Lipinski definition) is 5. The largest absolute Gasteiger partial charge is 0.504 e. The number of aromatic hydroxyl groups is 2. The fraction of sp³-hybridized carbons (Fsp3) is 0.118. The van der Waals surface area contributed by atoms with Gasteiger partial charge in [0.25, 0.3) is 0 Å². The second kappa shape index (κ2) is 4.67. The predicted molar refractivity (Wildman–Crippen MR) is 85.5 cm³/mol. The molecule has 0 atom stereocenters. The highest BCUT2D eigenvalue weighted by Gasteiger charge is 2.23. The van der Waals surface area contributed by atoms with E-state index in [2.05, 4.69) is 5.10 Å². The molecule has 0 saturated carbocycles. The summed E-state index contributed by atoms with van der Waals surface area (Å²) in [6, 6.07) is 11.1. The Morgan fingerprint density at radius 3 is 2.61 bits per heavy atom. The van der Waals surface area contributed by atoms with Crippen LogP contribution in [-0.4, -0.2) is 27.1 Å². The van der Waals surface area contributed by atoms with Crippen molar-refractivity contribution in [2.75, 3.05) is 7.11 Å². The Labute approximate surface area is 131 Å². The molecule has 2 aromatic heterocycles. The van der Waals surface area contributed by atoms with Crippen LogP contribution in [0.15, 0.2) is 40.8 Å². The van der Waals surface area contributed by atoms with E-state index in [0.29, 0.717) is 16.7 Å². The van der Waals surface area contributed by atoms with Crippen molar-refractivity contribution in [3.8, 4) is 22.9 Å². The quantitative estimate of drug-likeness (QED) is 0.554. The second-order valence-electron chi connectivity index (χ2n) is 5.27. The molecule has 2 N–H and O–H groups in total. The molecule has 0 saturated heterocycles. The van der Waals surface area contributed by atoms with Crippen LogP contribution in [0.1, 0.15) is 5.69 Å². The van der Waals surface area contributed by atoms with Crippen LogP contribution in [0.5, 0.6) is 17.2 Å². The highest BCUT2D eigenvalue weighted by Crippen LogP contribution is 2.46. The Morgan fingerprint density at radius 1 is 1.17 bits per heavy atom. The van der Waals surface area contributed by atoms with Gasteiger partial charge in [0.15, 0.2) is 11.3 Å². The SMILES string of the molecule is COc1c(O)c(O)cc2c1oc1c2c(C)nn1-c1ccccc1. The summed E-state index contributed by atoms with van der Waals surface area (Å²) in [4.78, 5) is 0. The Balaban J connectivity index is 2.14. The number of rotatable bonds is 2. The smallest absolute Gasteiger partial charge is 0.231 e. The number of fused-ring (bicyclic) bond motifs is 3. The minimum Gasteiger partial charge on any atom is -0.504 e. The molecule has 0 bridgehead atoms. The molecule has 0 amide bonds. The summed E-state index contributed by atoms with van der Waals surface area (Å²) in [6.45, 7) is 1.87. The van der Waals surface area contributed by atoms with Crippen molar-refractivity contribution in [1.82, 2.24) is 9.78 Å². The Bertz CT molecular complexity index is 1030. The van der Waals surface area contributed by atoms with Gasteiger partial charge in [0.05, 0.1) is 23.9 Å². The summed E-state index contributed by atoms with van der Waals surface area (Å²) >= 11 is 0. The summed E-state index contributed by atoms with van der Waals surface area (Å²) in [5.41, 5.74) is 2.53. The number of nitrogens with zero attached hydrogens (tertiary/aromatic N) is 2. The van der Waals surface area contributed by atoms with E-state index in [1.807, 2.05) is 37.3 Å². The summed E-state index contributed by atoms with van der Waals surface area (Å²) in [5, 5.41) is 25.8. The van der Waals surface area contributed by atoms with Crippen LogP contribution in [0.2, 0.25) is 0 Å². The minimum absolute atomic E-state index is 0.107. The maximum atomic E-state index is 9.96. The lowest BCUT2D eigenvalue weighted by Crippen LogP contribution is -1.95. The number of para-hydroxylation sites is 1. The molecule has 0 spiro atoms. The molecular weight excluding hydrogens is 296 g/mol. The lowest BCUT2D eigenvalue weighted by molar-refractivity contribution is 0.350. The zero-order valence-corrected chi connectivity index (χ0v) is 12.6. The minimum atomic E-state index is -0.340. The van der Waals surface area contributed by atoms with Gasteiger partial charge in [-0.2, -0.15) is 9.78 Å². The normalized spacial score (nSPS) is 11.4. The van der Waals surface area contributed by atoms with E-state index in [1.54, 1.807) is 4.68 Å². The first-order chi connectivity index (χ1) is 11.1. The average molecular weight is 310 g/mol. The summed E-state index contributed by atoms with van der Waals surface area (Å²) in [7, 11) is 1.41. The number of phenolic OH excluding ortho intramolecular Hbond substituents is 2. The Morgan fingerprint density at radius 2 is 1.91 bits per heavy atom. The van der Waals surface area contributed by atoms with E-state index < -0.39 is 0 Å². The van der Waals surface area contributed by atoms with Crippen LogP contribution in [0.3, 0.4) is 0 Å². The van der Waals surface area contributed by atoms with Crippen molar-refractivity contribution in [3.05, 3.63) is 42.1 Å². The first kappa shape index (κ1) is 13.5. The third kappa shape index (κ3) is 1.78. The summed E-state index contributed by atoms with van der Waals surface area (Å²) < 4.78 is 12.8. The molecule has 0 fully saturated rings. The number of hydrogen-bond donors (Lipinski definition) is 2. The molecule has 23 heavy (non-hydrogen) atoms. The van der Waals surface area contributed by atoms with Crippen molar-refractivity contribution in [2.45, 2.75) is 6.92 Å². The monoisotopic (exact) mass is 310 g/mol. The molecule has 4 rings (SSSR count). The van der Waals surface area contributed by atoms with Crippen molar-refractivity contribution in [1.29, 1.82) is 0 Å². The topological polar surface area (TPSA) is 80.7 Å². The number of benzene rings is 2. The molecule has 6 heteroatoms. The first-order valence-electron chi connectivity index (χ1n) is 7.08. The Kier molecular flexibility index (Phi) is 2.74. The van der Waals surface area contributed by atoms with Gasteiger partial charge < -0.3 is 19.4 Å². The zero-order chi connectivity index (χ0) is 16.1. The molecule has 4 aromatic rings. The molecule has 0 aliphatic carbocycles. The number of ether oxygens (including phenoxy) is 1. The third-order valence-corrected chi connectivity index (χ3v) is 3.88. The van der Waals surface area contributed by atoms with Crippen molar-refractivity contribution >= 4 is 22.1 Å². The van der Waals surface area contributed by atoms with Crippen LogP contribution in [0.25, 0.3) is 27.8 Å². The maximum Gasteiger partial charge on any atom is 0.231 e. The average Bonchev–Trinajstić information content (AvgIpc) is 3.08. The van der Waals surface area contributed by atoms with Crippen LogP contribution < -0.4 is 4.74 Å². The van der Waals surface area contributed by atoms with Gasteiger partial charge in [-0.05, 0) is 25.1 Å². The number of phenols is 2. The van der Waals surface area contributed by atoms with E-state index in [-0.39, 0.29) is 17.2 Å². The summed E-state index contributed by atoms with van der Waals surface area (Å²) in [6.07, 6.45) is 0. The molecule has 0 aliphatic heterocycles. The van der Waals surface area contributed by atoms with Crippen LogP contribution in [-0.2, 0) is 0 Å². The van der Waals surface area contributed by atoms with Crippen molar-refractivity contribution in [3.63, 3.8) is 0 Å². The van der Waals surface area contributed by atoms with Crippen LogP contribution in [0, 0.1) is 6.92 Å². The zero-order valence-electron chi connectivity index (χ0n) is 12.6. The van der Waals surface area contributed by atoms with E-state index in [1.165, 1.54) is 13.2 Å². The number of furan rings is 1. The number of methoxy groups -OCH3 is 1. The van der Waals surface area contributed by atoms with Gasteiger partial charge >= 0.3 is 0 Å². The van der Waals surface area contributed by atoms with E-state index in [9.17, 15) is 10.2 Å². The van der Waals surface area contributed by atoms with Gasteiger partial charge in [-0.1, -0.05) is 18.2 Å². The molecule has 0 unspecified atom stereocenters. The second-order valence-corrected chi connectivity index (χ2v) is 5.27. The lowest BCUT2D eigenvalue weighted by atomic mass is 10.1. The van der Waals surface area contributed by atoms with Gasteiger partial charge in [0.2, 0.25) is 17.2 Å². The number of aromatic nitrogens is 2. The van der Waals surface area contributed by atoms with E-state index in [4.69, 9.17) is 9.15 Å². The number of aryl methyl sites for hydroxylation is 1. The van der Waals surface area contributed by atoms with Crippen LogP contribution in [0.4, 0.5) is 0 Å².